The van der Waals surface area contributed by atoms with Gasteiger partial charge in [0.05, 0.1) is 13.2 Å². The van der Waals surface area contributed by atoms with Crippen LogP contribution >= 0.6 is 12.4 Å². The summed E-state index contributed by atoms with van der Waals surface area (Å²) < 4.78 is 47.4. The summed E-state index contributed by atoms with van der Waals surface area (Å²) in [6.07, 6.45) is -3.69. The molecule has 0 amide bonds. The first-order chi connectivity index (χ1) is 12.5. The lowest BCUT2D eigenvalue weighted by atomic mass is 9.81. The molecule has 1 saturated heterocycles. The number of hydrogen-bond donors (Lipinski definition) is 1. The molecule has 148 valence electrons. The smallest absolute Gasteiger partial charge is 0.405 e. The van der Waals surface area contributed by atoms with Gasteiger partial charge >= 0.3 is 6.36 Å². The average Bonchev–Trinajstić information content (AvgIpc) is 2.63. The van der Waals surface area contributed by atoms with Crippen LogP contribution in [0, 0.1) is 5.92 Å². The maximum absolute atomic E-state index is 12.5. The molecule has 2 aromatic carbocycles. The van der Waals surface area contributed by atoms with Gasteiger partial charge in [0.1, 0.15) is 5.75 Å². The minimum absolute atomic E-state index is 0. The summed E-state index contributed by atoms with van der Waals surface area (Å²) in [6, 6.07) is 16.4. The fourth-order valence-corrected chi connectivity index (χ4v) is 3.40. The van der Waals surface area contributed by atoms with Gasteiger partial charge in [-0.25, -0.2) is 0 Å². The molecule has 3 rings (SSSR count). The molecule has 1 aliphatic heterocycles. The summed E-state index contributed by atoms with van der Waals surface area (Å²) in [5.41, 5.74) is 1.67. The van der Waals surface area contributed by atoms with E-state index in [1.165, 1.54) is 17.7 Å². The van der Waals surface area contributed by atoms with Gasteiger partial charge in [-0.3, -0.25) is 0 Å². The van der Waals surface area contributed by atoms with Crippen LogP contribution in [0.3, 0.4) is 0 Å². The molecule has 2 aromatic rings. The molecule has 0 saturated carbocycles. The SMILES string of the molecule is Cl.FC(F)(F)Oc1ccccc1COCC1CNCCC1c1ccccc1. The van der Waals surface area contributed by atoms with Crippen LogP contribution < -0.4 is 10.1 Å². The number of piperidine rings is 1. The van der Waals surface area contributed by atoms with Gasteiger partial charge in [0.2, 0.25) is 0 Å². The third kappa shape index (κ3) is 6.41. The molecule has 1 heterocycles. The first-order valence-corrected chi connectivity index (χ1v) is 8.70. The fraction of sp³-hybridized carbons (Fsp3) is 0.400. The van der Waals surface area contributed by atoms with Crippen LogP contribution in [0.4, 0.5) is 13.2 Å². The molecule has 27 heavy (non-hydrogen) atoms. The standard InChI is InChI=1S/C20H22F3NO2.ClH/c21-20(22,23)26-19-9-5-4-8-16(19)13-25-14-17-12-24-11-10-18(17)15-6-2-1-3-7-15;/h1-9,17-18,24H,10-14H2;1H. The lowest BCUT2D eigenvalue weighted by Crippen LogP contribution is -2.37. The van der Waals surface area contributed by atoms with Gasteiger partial charge in [-0.05, 0) is 30.5 Å². The van der Waals surface area contributed by atoms with E-state index in [0.717, 1.165) is 19.5 Å². The third-order valence-electron chi connectivity index (χ3n) is 4.62. The minimum atomic E-state index is -4.71. The molecule has 0 aliphatic carbocycles. The number of para-hydroxylation sites is 1. The number of nitrogens with one attached hydrogen (secondary N) is 1. The Balaban J connectivity index is 0.00000261. The zero-order valence-corrected chi connectivity index (χ0v) is 15.6. The minimum Gasteiger partial charge on any atom is -0.405 e. The predicted octanol–water partition coefficient (Wildman–Crippen LogP) is 4.92. The molecule has 2 atom stereocenters. The van der Waals surface area contributed by atoms with E-state index in [0.29, 0.717) is 18.1 Å². The highest BCUT2D eigenvalue weighted by molar-refractivity contribution is 5.85. The van der Waals surface area contributed by atoms with Crippen molar-refractivity contribution >= 4 is 12.4 Å². The van der Waals surface area contributed by atoms with Crippen LogP contribution in [0.25, 0.3) is 0 Å². The second kappa shape index (κ2) is 9.97. The topological polar surface area (TPSA) is 30.5 Å². The van der Waals surface area contributed by atoms with Crippen molar-refractivity contribution in [3.05, 3.63) is 65.7 Å². The van der Waals surface area contributed by atoms with E-state index >= 15 is 0 Å². The van der Waals surface area contributed by atoms with Gasteiger partial charge in [-0.2, -0.15) is 0 Å². The number of rotatable bonds is 6. The lowest BCUT2D eigenvalue weighted by Gasteiger charge is -2.32. The highest BCUT2D eigenvalue weighted by Gasteiger charge is 2.32. The molecule has 1 fully saturated rings. The van der Waals surface area contributed by atoms with E-state index in [1.807, 2.05) is 18.2 Å². The molecular formula is C20H23ClF3NO2. The molecule has 2 unspecified atom stereocenters. The zero-order chi connectivity index (χ0) is 18.4. The molecule has 7 heteroatoms. The van der Waals surface area contributed by atoms with E-state index in [2.05, 4.69) is 22.2 Å². The van der Waals surface area contributed by atoms with Gasteiger partial charge in [0.25, 0.3) is 0 Å². The van der Waals surface area contributed by atoms with Gasteiger partial charge in [0, 0.05) is 18.0 Å². The van der Waals surface area contributed by atoms with Crippen LogP contribution in [0.5, 0.6) is 5.75 Å². The first-order valence-electron chi connectivity index (χ1n) is 8.70. The number of halogens is 4. The average molecular weight is 402 g/mol. The summed E-state index contributed by atoms with van der Waals surface area (Å²) in [4.78, 5) is 0. The van der Waals surface area contributed by atoms with Crippen molar-refractivity contribution in [2.75, 3.05) is 19.7 Å². The predicted molar refractivity (Wildman–Crippen MR) is 100 cm³/mol. The Morgan fingerprint density at radius 1 is 1.00 bits per heavy atom. The number of hydrogen-bond acceptors (Lipinski definition) is 3. The van der Waals surface area contributed by atoms with Crippen molar-refractivity contribution in [1.82, 2.24) is 5.32 Å². The van der Waals surface area contributed by atoms with Crippen LogP contribution in [0.1, 0.15) is 23.5 Å². The molecule has 1 aliphatic rings. The third-order valence-corrected chi connectivity index (χ3v) is 4.62. The maximum Gasteiger partial charge on any atom is 0.573 e. The van der Waals surface area contributed by atoms with Crippen molar-refractivity contribution in [1.29, 1.82) is 0 Å². The van der Waals surface area contributed by atoms with Crippen LogP contribution in [-0.2, 0) is 11.3 Å². The molecule has 0 spiro atoms. The monoisotopic (exact) mass is 401 g/mol. The lowest BCUT2D eigenvalue weighted by molar-refractivity contribution is -0.275. The maximum atomic E-state index is 12.5. The molecule has 0 bridgehead atoms. The van der Waals surface area contributed by atoms with Gasteiger partial charge in [-0.15, -0.1) is 25.6 Å². The van der Waals surface area contributed by atoms with Crippen molar-refractivity contribution in [2.45, 2.75) is 25.3 Å². The first kappa shape index (κ1) is 21.5. The van der Waals surface area contributed by atoms with Gasteiger partial charge in [-0.1, -0.05) is 48.5 Å². The van der Waals surface area contributed by atoms with Gasteiger partial charge in [0.15, 0.2) is 0 Å². The number of ether oxygens (including phenoxy) is 2. The van der Waals surface area contributed by atoms with Crippen molar-refractivity contribution in [3.8, 4) is 5.75 Å². The van der Waals surface area contributed by atoms with E-state index in [1.54, 1.807) is 12.1 Å². The van der Waals surface area contributed by atoms with Gasteiger partial charge < -0.3 is 14.8 Å². The Labute approximate surface area is 163 Å². The van der Waals surface area contributed by atoms with Crippen LogP contribution in [0.15, 0.2) is 54.6 Å². The Hall–Kier alpha value is -1.76. The van der Waals surface area contributed by atoms with Crippen molar-refractivity contribution < 1.29 is 22.6 Å². The second-order valence-corrected chi connectivity index (χ2v) is 6.44. The quantitative estimate of drug-likeness (QED) is 0.745. The van der Waals surface area contributed by atoms with Crippen LogP contribution in [-0.4, -0.2) is 26.1 Å². The Morgan fingerprint density at radius 3 is 2.44 bits per heavy atom. The second-order valence-electron chi connectivity index (χ2n) is 6.44. The summed E-state index contributed by atoms with van der Waals surface area (Å²) >= 11 is 0. The fourth-order valence-electron chi connectivity index (χ4n) is 3.40. The van der Waals surface area contributed by atoms with E-state index in [9.17, 15) is 13.2 Å². The van der Waals surface area contributed by atoms with Crippen molar-refractivity contribution in [3.63, 3.8) is 0 Å². The summed E-state index contributed by atoms with van der Waals surface area (Å²) in [7, 11) is 0. The number of benzene rings is 2. The Bertz CT molecular complexity index is 697. The normalized spacial score (nSPS) is 20.0. The molecule has 1 N–H and O–H groups in total. The van der Waals surface area contributed by atoms with E-state index in [-0.39, 0.29) is 30.7 Å². The van der Waals surface area contributed by atoms with Crippen LogP contribution in [0.2, 0.25) is 0 Å². The number of alkyl halides is 3. The molecule has 3 nitrogen and oxygen atoms in total. The molecular weight excluding hydrogens is 379 g/mol. The molecule has 0 radical (unpaired) electrons. The van der Waals surface area contributed by atoms with Crippen molar-refractivity contribution in [2.24, 2.45) is 5.92 Å². The summed E-state index contributed by atoms with van der Waals surface area (Å²) in [6.45, 7) is 2.36. The summed E-state index contributed by atoms with van der Waals surface area (Å²) in [5.74, 6) is 0.461. The van der Waals surface area contributed by atoms with E-state index < -0.39 is 6.36 Å². The highest BCUT2D eigenvalue weighted by atomic mass is 35.5. The molecule has 0 aromatic heterocycles. The largest absolute Gasteiger partial charge is 0.573 e. The highest BCUT2D eigenvalue weighted by Crippen LogP contribution is 2.31. The van der Waals surface area contributed by atoms with E-state index in [4.69, 9.17) is 4.74 Å². The summed E-state index contributed by atoms with van der Waals surface area (Å²) in [5, 5.41) is 3.37. The Kier molecular flexibility index (Phi) is 7.95. The zero-order valence-electron chi connectivity index (χ0n) is 14.7. The Morgan fingerprint density at radius 2 is 1.70 bits per heavy atom.